The van der Waals surface area contributed by atoms with E-state index in [1.807, 2.05) is 36.4 Å². The number of nitrogens with zero attached hydrogens (tertiary/aromatic N) is 2. The van der Waals surface area contributed by atoms with E-state index >= 15 is 0 Å². The Labute approximate surface area is 111 Å². The molecule has 2 aromatic rings. The Bertz CT molecular complexity index is 608. The molecule has 0 fully saturated rings. The molecule has 19 heavy (non-hydrogen) atoms. The molecule has 0 aliphatic carbocycles. The minimum atomic E-state index is 0.0771. The van der Waals surface area contributed by atoms with Gasteiger partial charge in [0.05, 0.1) is 25.5 Å². The molecule has 2 heterocycles. The Morgan fingerprint density at radius 2 is 2.11 bits per heavy atom. The number of benzene rings is 1. The summed E-state index contributed by atoms with van der Waals surface area (Å²) in [5.41, 5.74) is 2.75. The molecule has 1 aromatic heterocycles. The Kier molecular flexibility index (Phi) is 2.91. The lowest BCUT2D eigenvalue weighted by molar-refractivity contribution is 0.0764. The molecule has 0 unspecified atom stereocenters. The number of methoxy groups -OCH3 is 1. The van der Waals surface area contributed by atoms with Crippen molar-refractivity contribution in [3.05, 3.63) is 59.4 Å². The van der Waals surface area contributed by atoms with Crippen LogP contribution in [-0.4, -0.2) is 22.9 Å². The van der Waals surface area contributed by atoms with Crippen LogP contribution in [-0.2, 0) is 13.1 Å². The predicted molar refractivity (Wildman–Crippen MR) is 70.8 cm³/mol. The number of ether oxygens (including phenoxy) is 1. The summed E-state index contributed by atoms with van der Waals surface area (Å²) in [6.45, 7) is 1.18. The standard InChI is InChI=1S/C15H14N2O2/c1-19-13-7-6-12(16-8-13)10-17-9-11-4-2-3-5-14(11)15(17)18/h2-8H,9-10H2,1H3. The van der Waals surface area contributed by atoms with Gasteiger partial charge < -0.3 is 9.64 Å². The van der Waals surface area contributed by atoms with Crippen molar-refractivity contribution >= 4 is 5.91 Å². The monoisotopic (exact) mass is 254 g/mol. The molecule has 0 bridgehead atoms. The molecule has 0 N–H and O–H groups in total. The molecule has 1 aliphatic heterocycles. The van der Waals surface area contributed by atoms with Gasteiger partial charge in [-0.15, -0.1) is 0 Å². The van der Waals surface area contributed by atoms with E-state index in [9.17, 15) is 4.79 Å². The summed E-state index contributed by atoms with van der Waals surface area (Å²) in [6.07, 6.45) is 1.67. The highest BCUT2D eigenvalue weighted by molar-refractivity contribution is 5.98. The lowest BCUT2D eigenvalue weighted by atomic mass is 10.1. The quantitative estimate of drug-likeness (QED) is 0.843. The van der Waals surface area contributed by atoms with Crippen LogP contribution in [0.4, 0.5) is 0 Å². The summed E-state index contributed by atoms with van der Waals surface area (Å²) in [5, 5.41) is 0. The fourth-order valence-corrected chi connectivity index (χ4v) is 2.26. The van der Waals surface area contributed by atoms with E-state index < -0.39 is 0 Å². The van der Waals surface area contributed by atoms with Crippen LogP contribution in [0.25, 0.3) is 0 Å². The van der Waals surface area contributed by atoms with Crippen LogP contribution in [0.2, 0.25) is 0 Å². The summed E-state index contributed by atoms with van der Waals surface area (Å²) >= 11 is 0. The molecule has 3 rings (SSSR count). The predicted octanol–water partition coefficient (Wildman–Crippen LogP) is 2.25. The van der Waals surface area contributed by atoms with Crippen molar-refractivity contribution in [2.45, 2.75) is 13.1 Å². The molecular formula is C15H14N2O2. The van der Waals surface area contributed by atoms with Crippen LogP contribution in [0.5, 0.6) is 5.75 Å². The molecule has 96 valence electrons. The smallest absolute Gasteiger partial charge is 0.254 e. The van der Waals surface area contributed by atoms with E-state index in [2.05, 4.69) is 4.98 Å². The second kappa shape index (κ2) is 4.72. The molecule has 0 spiro atoms. The minimum absolute atomic E-state index is 0.0771. The third-order valence-corrected chi connectivity index (χ3v) is 3.28. The molecule has 0 atom stereocenters. The molecule has 4 nitrogen and oxygen atoms in total. The number of carbonyl (C=O) groups is 1. The highest BCUT2D eigenvalue weighted by Crippen LogP contribution is 2.23. The summed E-state index contributed by atoms with van der Waals surface area (Å²) < 4.78 is 5.07. The van der Waals surface area contributed by atoms with Gasteiger partial charge in [0.25, 0.3) is 5.91 Å². The Morgan fingerprint density at radius 3 is 2.79 bits per heavy atom. The molecule has 1 aliphatic rings. The number of rotatable bonds is 3. The normalized spacial score (nSPS) is 13.5. The molecule has 1 aromatic carbocycles. The van der Waals surface area contributed by atoms with Crippen molar-refractivity contribution in [3.63, 3.8) is 0 Å². The molecule has 1 amide bonds. The average molecular weight is 254 g/mol. The fraction of sp³-hybridized carbons (Fsp3) is 0.200. The van der Waals surface area contributed by atoms with Crippen LogP contribution in [0.3, 0.4) is 0 Å². The number of hydrogen-bond donors (Lipinski definition) is 0. The zero-order valence-corrected chi connectivity index (χ0v) is 10.7. The summed E-state index contributed by atoms with van der Waals surface area (Å²) in [4.78, 5) is 18.3. The van der Waals surface area contributed by atoms with Crippen LogP contribution in [0.15, 0.2) is 42.6 Å². The van der Waals surface area contributed by atoms with Gasteiger partial charge >= 0.3 is 0 Å². The van der Waals surface area contributed by atoms with E-state index in [0.717, 1.165) is 22.6 Å². The SMILES string of the molecule is COc1ccc(CN2Cc3ccccc3C2=O)nc1. The largest absolute Gasteiger partial charge is 0.495 e. The average Bonchev–Trinajstić information content (AvgIpc) is 2.77. The summed E-state index contributed by atoms with van der Waals surface area (Å²) in [7, 11) is 1.61. The molecule has 0 saturated heterocycles. The van der Waals surface area contributed by atoms with Crippen LogP contribution >= 0.6 is 0 Å². The van der Waals surface area contributed by atoms with E-state index in [-0.39, 0.29) is 5.91 Å². The van der Waals surface area contributed by atoms with Crippen molar-refractivity contribution in [1.29, 1.82) is 0 Å². The van der Waals surface area contributed by atoms with Crippen LogP contribution in [0, 0.1) is 0 Å². The molecule has 4 heteroatoms. The lowest BCUT2D eigenvalue weighted by Crippen LogP contribution is -2.23. The number of hydrogen-bond acceptors (Lipinski definition) is 3. The van der Waals surface area contributed by atoms with Crippen molar-refractivity contribution in [2.75, 3.05) is 7.11 Å². The third kappa shape index (κ3) is 2.17. The fourth-order valence-electron chi connectivity index (χ4n) is 2.26. The Balaban J connectivity index is 1.77. The second-order valence-electron chi connectivity index (χ2n) is 4.51. The van der Waals surface area contributed by atoms with Crippen molar-refractivity contribution in [1.82, 2.24) is 9.88 Å². The number of amides is 1. The molecule has 0 radical (unpaired) electrons. The van der Waals surface area contributed by atoms with Gasteiger partial charge in [-0.05, 0) is 23.8 Å². The maximum absolute atomic E-state index is 12.2. The van der Waals surface area contributed by atoms with Crippen molar-refractivity contribution in [3.8, 4) is 5.75 Å². The second-order valence-corrected chi connectivity index (χ2v) is 4.51. The topological polar surface area (TPSA) is 42.4 Å². The van der Waals surface area contributed by atoms with Gasteiger partial charge in [-0.3, -0.25) is 9.78 Å². The summed E-state index contributed by atoms with van der Waals surface area (Å²) in [5.74, 6) is 0.799. The first-order chi connectivity index (χ1) is 9.28. The Hall–Kier alpha value is -2.36. The van der Waals surface area contributed by atoms with E-state index in [0.29, 0.717) is 13.1 Å². The first kappa shape index (κ1) is 11.7. The molecule has 0 saturated carbocycles. The lowest BCUT2D eigenvalue weighted by Gasteiger charge is -2.15. The highest BCUT2D eigenvalue weighted by Gasteiger charge is 2.26. The van der Waals surface area contributed by atoms with Crippen molar-refractivity contribution < 1.29 is 9.53 Å². The minimum Gasteiger partial charge on any atom is -0.495 e. The van der Waals surface area contributed by atoms with Gasteiger partial charge in [-0.1, -0.05) is 18.2 Å². The van der Waals surface area contributed by atoms with Crippen molar-refractivity contribution in [2.24, 2.45) is 0 Å². The Morgan fingerprint density at radius 1 is 1.26 bits per heavy atom. The van der Waals surface area contributed by atoms with Crippen LogP contribution in [0.1, 0.15) is 21.6 Å². The highest BCUT2D eigenvalue weighted by atomic mass is 16.5. The van der Waals surface area contributed by atoms with Crippen LogP contribution < -0.4 is 4.74 Å². The third-order valence-electron chi connectivity index (χ3n) is 3.28. The van der Waals surface area contributed by atoms with Gasteiger partial charge in [0, 0.05) is 12.1 Å². The zero-order valence-electron chi connectivity index (χ0n) is 10.7. The zero-order chi connectivity index (χ0) is 13.2. The number of fused-ring (bicyclic) bond motifs is 1. The maximum Gasteiger partial charge on any atom is 0.254 e. The van der Waals surface area contributed by atoms with Gasteiger partial charge in [0.2, 0.25) is 0 Å². The molecular weight excluding hydrogens is 240 g/mol. The van der Waals surface area contributed by atoms with Gasteiger partial charge in [-0.25, -0.2) is 0 Å². The van der Waals surface area contributed by atoms with E-state index in [1.165, 1.54) is 0 Å². The summed E-state index contributed by atoms with van der Waals surface area (Å²) in [6, 6.07) is 11.5. The number of carbonyl (C=O) groups excluding carboxylic acids is 1. The number of aromatic nitrogens is 1. The van der Waals surface area contributed by atoms with E-state index in [4.69, 9.17) is 4.74 Å². The van der Waals surface area contributed by atoms with Gasteiger partial charge in [0.1, 0.15) is 5.75 Å². The van der Waals surface area contributed by atoms with Gasteiger partial charge in [0.15, 0.2) is 0 Å². The maximum atomic E-state index is 12.2. The van der Waals surface area contributed by atoms with Gasteiger partial charge in [-0.2, -0.15) is 0 Å². The number of pyridine rings is 1. The first-order valence-electron chi connectivity index (χ1n) is 6.14. The first-order valence-corrected chi connectivity index (χ1v) is 6.14. The van der Waals surface area contributed by atoms with E-state index in [1.54, 1.807) is 18.2 Å².